The monoisotopic (exact) mass is 200 g/mol. The van der Waals surface area contributed by atoms with Gasteiger partial charge in [-0.3, -0.25) is 4.79 Å². The van der Waals surface area contributed by atoms with Gasteiger partial charge in [0.05, 0.1) is 5.75 Å². The third kappa shape index (κ3) is 4.17. The third-order valence-electron chi connectivity index (χ3n) is 2.76. The second kappa shape index (κ2) is 6.47. The van der Waals surface area contributed by atoms with Crippen molar-refractivity contribution in [2.45, 2.75) is 45.4 Å². The van der Waals surface area contributed by atoms with Crippen molar-refractivity contribution < 1.29 is 4.79 Å². The summed E-state index contributed by atoms with van der Waals surface area (Å²) in [7, 11) is 0. The summed E-state index contributed by atoms with van der Waals surface area (Å²) in [5, 5.41) is 0. The van der Waals surface area contributed by atoms with Crippen LogP contribution in [0.4, 0.5) is 0 Å². The SMILES string of the molecule is CCSCC(=O)C1CCCCCC1. The maximum Gasteiger partial charge on any atom is 0.145 e. The summed E-state index contributed by atoms with van der Waals surface area (Å²) in [6, 6.07) is 0. The highest BCUT2D eigenvalue weighted by Gasteiger charge is 2.19. The van der Waals surface area contributed by atoms with E-state index >= 15 is 0 Å². The van der Waals surface area contributed by atoms with Crippen molar-refractivity contribution in [1.29, 1.82) is 0 Å². The van der Waals surface area contributed by atoms with E-state index in [-0.39, 0.29) is 0 Å². The highest BCUT2D eigenvalue weighted by molar-refractivity contribution is 7.99. The predicted octanol–water partition coefficient (Wildman–Crippen LogP) is 3.28. The van der Waals surface area contributed by atoms with Gasteiger partial charge in [-0.05, 0) is 18.6 Å². The van der Waals surface area contributed by atoms with E-state index in [4.69, 9.17) is 0 Å². The molecule has 0 amide bonds. The number of Topliss-reactive ketones (excluding diaryl/α,β-unsaturated/α-hetero) is 1. The smallest absolute Gasteiger partial charge is 0.145 e. The average molecular weight is 200 g/mol. The molecule has 0 N–H and O–H groups in total. The number of hydrogen-bond acceptors (Lipinski definition) is 2. The highest BCUT2D eigenvalue weighted by atomic mass is 32.2. The first-order valence-electron chi connectivity index (χ1n) is 5.45. The van der Waals surface area contributed by atoms with Gasteiger partial charge in [0.25, 0.3) is 0 Å². The molecule has 1 saturated carbocycles. The molecule has 0 aromatic heterocycles. The van der Waals surface area contributed by atoms with Crippen LogP contribution in [0.15, 0.2) is 0 Å². The maximum atomic E-state index is 11.7. The fourth-order valence-corrected chi connectivity index (χ4v) is 2.56. The zero-order valence-corrected chi connectivity index (χ0v) is 9.37. The lowest BCUT2D eigenvalue weighted by Gasteiger charge is -2.11. The van der Waals surface area contributed by atoms with Gasteiger partial charge in [-0.15, -0.1) is 0 Å². The molecule has 2 heteroatoms. The number of carbonyl (C=O) groups is 1. The quantitative estimate of drug-likeness (QED) is 0.648. The molecule has 1 fully saturated rings. The minimum Gasteiger partial charge on any atom is -0.298 e. The molecule has 1 rings (SSSR count). The molecule has 1 aliphatic rings. The first-order chi connectivity index (χ1) is 6.34. The van der Waals surface area contributed by atoms with Crippen molar-refractivity contribution in [2.75, 3.05) is 11.5 Å². The number of carbonyl (C=O) groups excluding carboxylic acids is 1. The van der Waals surface area contributed by atoms with Gasteiger partial charge < -0.3 is 0 Å². The minimum atomic E-state index is 0.404. The first-order valence-corrected chi connectivity index (χ1v) is 6.60. The molecule has 13 heavy (non-hydrogen) atoms. The van der Waals surface area contributed by atoms with Gasteiger partial charge in [-0.1, -0.05) is 32.6 Å². The van der Waals surface area contributed by atoms with Crippen molar-refractivity contribution in [3.05, 3.63) is 0 Å². The molecule has 0 atom stereocenters. The van der Waals surface area contributed by atoms with Crippen LogP contribution in [0.2, 0.25) is 0 Å². The van der Waals surface area contributed by atoms with Crippen LogP contribution in [0.5, 0.6) is 0 Å². The van der Waals surface area contributed by atoms with E-state index in [1.54, 1.807) is 11.8 Å². The second-order valence-corrected chi connectivity index (χ2v) is 5.07. The lowest BCUT2D eigenvalue weighted by Crippen LogP contribution is -2.16. The van der Waals surface area contributed by atoms with Crippen LogP contribution in [-0.2, 0) is 4.79 Å². The fourth-order valence-electron chi connectivity index (χ4n) is 1.92. The van der Waals surface area contributed by atoms with Crippen molar-refractivity contribution in [3.8, 4) is 0 Å². The number of ketones is 1. The average Bonchev–Trinajstić information content (AvgIpc) is 2.42. The van der Waals surface area contributed by atoms with Crippen LogP contribution in [0, 0.1) is 5.92 Å². The molecular weight excluding hydrogens is 180 g/mol. The molecule has 1 aliphatic carbocycles. The molecule has 0 aromatic rings. The van der Waals surface area contributed by atoms with Crippen molar-refractivity contribution in [1.82, 2.24) is 0 Å². The van der Waals surface area contributed by atoms with Crippen LogP contribution in [0.25, 0.3) is 0 Å². The molecular formula is C11H20OS. The summed E-state index contributed by atoms with van der Waals surface area (Å²) in [5.41, 5.74) is 0. The van der Waals surface area contributed by atoms with Gasteiger partial charge in [-0.2, -0.15) is 11.8 Å². The number of thioether (sulfide) groups is 1. The Morgan fingerprint density at radius 3 is 2.38 bits per heavy atom. The molecule has 76 valence electrons. The number of hydrogen-bond donors (Lipinski definition) is 0. The Morgan fingerprint density at radius 2 is 1.85 bits per heavy atom. The summed E-state index contributed by atoms with van der Waals surface area (Å²) in [4.78, 5) is 11.7. The van der Waals surface area contributed by atoms with E-state index in [0.717, 1.165) is 24.3 Å². The van der Waals surface area contributed by atoms with Crippen LogP contribution in [0.1, 0.15) is 45.4 Å². The minimum absolute atomic E-state index is 0.404. The summed E-state index contributed by atoms with van der Waals surface area (Å²) in [6.45, 7) is 2.12. The van der Waals surface area contributed by atoms with Gasteiger partial charge in [0.2, 0.25) is 0 Å². The third-order valence-corrected chi connectivity index (χ3v) is 3.66. The van der Waals surface area contributed by atoms with Gasteiger partial charge in [0.15, 0.2) is 0 Å². The second-order valence-electron chi connectivity index (χ2n) is 3.79. The lowest BCUT2D eigenvalue weighted by molar-refractivity contribution is -0.120. The Kier molecular flexibility index (Phi) is 5.52. The molecule has 1 nitrogen and oxygen atoms in total. The Labute approximate surface area is 85.7 Å². The van der Waals surface area contributed by atoms with E-state index in [0.29, 0.717) is 11.7 Å². The fraction of sp³-hybridized carbons (Fsp3) is 0.909. The van der Waals surface area contributed by atoms with Gasteiger partial charge in [-0.25, -0.2) is 0 Å². The van der Waals surface area contributed by atoms with Crippen LogP contribution < -0.4 is 0 Å². The Bertz CT molecular complexity index is 148. The van der Waals surface area contributed by atoms with Crippen LogP contribution in [0.3, 0.4) is 0 Å². The summed E-state index contributed by atoms with van der Waals surface area (Å²) >= 11 is 1.77. The molecule has 0 radical (unpaired) electrons. The van der Waals surface area contributed by atoms with Crippen LogP contribution in [-0.4, -0.2) is 17.3 Å². The van der Waals surface area contributed by atoms with E-state index in [1.165, 1.54) is 25.7 Å². The lowest BCUT2D eigenvalue weighted by atomic mass is 9.96. The highest BCUT2D eigenvalue weighted by Crippen LogP contribution is 2.24. The first kappa shape index (κ1) is 11.1. The number of rotatable bonds is 4. The largest absolute Gasteiger partial charge is 0.298 e. The van der Waals surface area contributed by atoms with Crippen molar-refractivity contribution in [3.63, 3.8) is 0 Å². The van der Waals surface area contributed by atoms with E-state index in [1.807, 2.05) is 0 Å². The van der Waals surface area contributed by atoms with Gasteiger partial charge >= 0.3 is 0 Å². The zero-order valence-electron chi connectivity index (χ0n) is 8.55. The molecule has 0 saturated heterocycles. The normalized spacial score (nSPS) is 19.8. The maximum absolute atomic E-state index is 11.7. The molecule has 0 heterocycles. The molecule has 0 aliphatic heterocycles. The van der Waals surface area contributed by atoms with Gasteiger partial charge in [0, 0.05) is 5.92 Å². The summed E-state index contributed by atoms with van der Waals surface area (Å²) in [5.74, 6) is 2.73. The summed E-state index contributed by atoms with van der Waals surface area (Å²) < 4.78 is 0. The van der Waals surface area contributed by atoms with Crippen LogP contribution >= 0.6 is 11.8 Å². The molecule has 0 aromatic carbocycles. The van der Waals surface area contributed by atoms with Crippen molar-refractivity contribution in [2.24, 2.45) is 5.92 Å². The van der Waals surface area contributed by atoms with Gasteiger partial charge in [0.1, 0.15) is 5.78 Å². The molecule has 0 bridgehead atoms. The van der Waals surface area contributed by atoms with E-state index in [2.05, 4.69) is 6.92 Å². The standard InChI is InChI=1S/C11H20OS/c1-2-13-9-11(12)10-7-5-3-4-6-8-10/h10H,2-9H2,1H3. The zero-order chi connectivity index (χ0) is 9.52. The van der Waals surface area contributed by atoms with Crippen molar-refractivity contribution >= 4 is 17.5 Å². The van der Waals surface area contributed by atoms with E-state index < -0.39 is 0 Å². The Morgan fingerprint density at radius 1 is 1.23 bits per heavy atom. The molecule has 0 unspecified atom stereocenters. The summed E-state index contributed by atoms with van der Waals surface area (Å²) in [6.07, 6.45) is 7.53. The Balaban J connectivity index is 2.26. The topological polar surface area (TPSA) is 17.1 Å². The predicted molar refractivity (Wildman–Crippen MR) is 59.2 cm³/mol. The molecule has 0 spiro atoms. The Hall–Kier alpha value is 0.0200. The van der Waals surface area contributed by atoms with E-state index in [9.17, 15) is 4.79 Å².